The van der Waals surface area contributed by atoms with Gasteiger partial charge in [-0.15, -0.1) is 0 Å². The van der Waals surface area contributed by atoms with Crippen LogP contribution in [0.3, 0.4) is 0 Å². The number of aliphatic hydroxyl groups is 6. The highest BCUT2D eigenvalue weighted by atomic mass is 16.7. The van der Waals surface area contributed by atoms with Gasteiger partial charge in [-0.3, -0.25) is 9.59 Å². The lowest BCUT2D eigenvalue weighted by Gasteiger charge is -2.42. The summed E-state index contributed by atoms with van der Waals surface area (Å²) in [7, 11) is 0. The van der Waals surface area contributed by atoms with E-state index in [2.05, 4.69) is 16.0 Å². The van der Waals surface area contributed by atoms with E-state index in [0.717, 1.165) is 0 Å². The van der Waals surface area contributed by atoms with E-state index < -0.39 is 86.5 Å². The van der Waals surface area contributed by atoms with E-state index in [4.69, 9.17) is 43.0 Å². The van der Waals surface area contributed by atoms with Gasteiger partial charge in [0.15, 0.2) is 12.6 Å². The van der Waals surface area contributed by atoms with Crippen molar-refractivity contribution in [2.75, 3.05) is 92.4 Å². The largest absolute Gasteiger partial charge is 0.394 e. The van der Waals surface area contributed by atoms with Crippen molar-refractivity contribution in [2.45, 2.75) is 95.4 Å². The number of carbonyl (C=O) groups excluding carboxylic acids is 2. The topological polar surface area (TPSA) is 265 Å². The molecule has 0 radical (unpaired) electrons. The second-order valence-corrected chi connectivity index (χ2v) is 12.3. The molecular formula is C31H61N3O16. The average molecular weight is 732 g/mol. The molecule has 296 valence electrons. The standard InChI is InChI=1S/C31H61N3O16/c1-20(33-21(2)38)29(49-24(17-36)23(40)16-35)46-13-10-44-9-8-43-7-6-32-19-31(4,5)48-15-12-45-11-14-47-30-26(34-22(3)39)28(42)27(41)25(18-37)50-30/h20,23-30,32,35-37,40-42H,6-19H2,1-5H3,(H,33,38)(H,34,39)/t20?,23-,24?,25?,26?,27+,28?,29-,30-/m1/s1. The van der Waals surface area contributed by atoms with Crippen LogP contribution in [0, 0.1) is 0 Å². The van der Waals surface area contributed by atoms with Gasteiger partial charge in [-0.05, 0) is 20.8 Å². The first-order valence-electron chi connectivity index (χ1n) is 16.8. The van der Waals surface area contributed by atoms with E-state index >= 15 is 0 Å². The zero-order valence-electron chi connectivity index (χ0n) is 29.9. The predicted octanol–water partition coefficient (Wildman–Crippen LogP) is -4.02. The van der Waals surface area contributed by atoms with E-state index in [1.165, 1.54) is 13.8 Å². The molecule has 19 nitrogen and oxygen atoms in total. The summed E-state index contributed by atoms with van der Waals surface area (Å²) in [5.41, 5.74) is -0.479. The Hall–Kier alpha value is -1.66. The molecule has 2 amide bonds. The quantitative estimate of drug-likeness (QED) is 0.0262. The van der Waals surface area contributed by atoms with Crippen LogP contribution in [0.1, 0.15) is 34.6 Å². The Morgan fingerprint density at radius 2 is 1.46 bits per heavy atom. The van der Waals surface area contributed by atoms with Gasteiger partial charge in [0, 0.05) is 26.9 Å². The van der Waals surface area contributed by atoms with E-state index in [9.17, 15) is 35.1 Å². The van der Waals surface area contributed by atoms with E-state index in [0.29, 0.717) is 46.1 Å². The normalized spacial score (nSPS) is 23.6. The molecule has 0 aliphatic carbocycles. The van der Waals surface area contributed by atoms with Crippen LogP contribution >= 0.6 is 0 Å². The number of carbonyl (C=O) groups is 2. The molecule has 0 spiro atoms. The third kappa shape index (κ3) is 19.3. The highest BCUT2D eigenvalue weighted by Gasteiger charge is 2.45. The van der Waals surface area contributed by atoms with Gasteiger partial charge < -0.3 is 84.5 Å². The Morgan fingerprint density at radius 3 is 2.06 bits per heavy atom. The molecule has 5 unspecified atom stereocenters. The summed E-state index contributed by atoms with van der Waals surface area (Å²) in [4.78, 5) is 22.9. The maximum atomic E-state index is 11.5. The first-order chi connectivity index (χ1) is 23.8. The molecule has 1 fully saturated rings. The SMILES string of the molecule is CC(=O)NC(C)[C@H](OCCOCCOCCNCC(C)(C)OCCOCCO[C@@H]1OC(CO)[C@H](O)C(O)C1NC(C)=O)OC(CO)[C@H](O)CO. The van der Waals surface area contributed by atoms with Crippen molar-refractivity contribution in [3.63, 3.8) is 0 Å². The summed E-state index contributed by atoms with van der Waals surface area (Å²) in [5.74, 6) is -0.742. The zero-order chi connectivity index (χ0) is 37.5. The Bertz CT molecular complexity index is 906. The Morgan fingerprint density at radius 1 is 0.840 bits per heavy atom. The van der Waals surface area contributed by atoms with Gasteiger partial charge >= 0.3 is 0 Å². The molecule has 1 rings (SSSR count). The first kappa shape index (κ1) is 46.4. The molecule has 1 aliphatic heterocycles. The minimum absolute atomic E-state index is 0.0732. The fraction of sp³-hybridized carbons (Fsp3) is 0.935. The monoisotopic (exact) mass is 731 g/mol. The molecule has 0 aromatic carbocycles. The fourth-order valence-electron chi connectivity index (χ4n) is 4.68. The van der Waals surface area contributed by atoms with Gasteiger partial charge in [0.2, 0.25) is 11.8 Å². The molecule has 1 heterocycles. The third-order valence-corrected chi connectivity index (χ3v) is 7.28. The predicted molar refractivity (Wildman–Crippen MR) is 175 cm³/mol. The molecule has 9 atom stereocenters. The lowest BCUT2D eigenvalue weighted by molar-refractivity contribution is -0.272. The van der Waals surface area contributed by atoms with Crippen LogP contribution in [0.15, 0.2) is 0 Å². The highest BCUT2D eigenvalue weighted by molar-refractivity contribution is 5.73. The van der Waals surface area contributed by atoms with Crippen molar-refractivity contribution < 1.29 is 78.1 Å². The van der Waals surface area contributed by atoms with Crippen LogP contribution in [-0.2, 0) is 47.5 Å². The van der Waals surface area contributed by atoms with Crippen molar-refractivity contribution in [3.8, 4) is 0 Å². The van der Waals surface area contributed by atoms with Crippen molar-refractivity contribution in [1.82, 2.24) is 16.0 Å². The van der Waals surface area contributed by atoms with Crippen LogP contribution in [0.5, 0.6) is 0 Å². The van der Waals surface area contributed by atoms with Crippen LogP contribution in [-0.4, -0.2) is 196 Å². The van der Waals surface area contributed by atoms with Gasteiger partial charge in [-0.2, -0.15) is 0 Å². The van der Waals surface area contributed by atoms with Gasteiger partial charge in [-0.1, -0.05) is 0 Å². The maximum absolute atomic E-state index is 11.5. The molecule has 19 heteroatoms. The second kappa shape index (κ2) is 26.2. The van der Waals surface area contributed by atoms with Crippen LogP contribution in [0.4, 0.5) is 0 Å². The van der Waals surface area contributed by atoms with Crippen LogP contribution < -0.4 is 16.0 Å². The smallest absolute Gasteiger partial charge is 0.217 e. The number of hydrogen-bond acceptors (Lipinski definition) is 17. The van der Waals surface area contributed by atoms with E-state index in [-0.39, 0.29) is 32.3 Å². The Balaban J connectivity index is 2.15. The Labute approximate surface area is 293 Å². The molecule has 0 bridgehead atoms. The number of rotatable bonds is 29. The second-order valence-electron chi connectivity index (χ2n) is 12.3. The number of hydrogen-bond donors (Lipinski definition) is 9. The van der Waals surface area contributed by atoms with Crippen molar-refractivity contribution in [1.29, 1.82) is 0 Å². The van der Waals surface area contributed by atoms with Crippen molar-refractivity contribution in [3.05, 3.63) is 0 Å². The highest BCUT2D eigenvalue weighted by Crippen LogP contribution is 2.22. The number of ether oxygens (including phenoxy) is 8. The van der Waals surface area contributed by atoms with Gasteiger partial charge in [0.25, 0.3) is 0 Å². The average Bonchev–Trinajstić information content (AvgIpc) is 3.06. The summed E-state index contributed by atoms with van der Waals surface area (Å²) < 4.78 is 44.8. The fourth-order valence-corrected chi connectivity index (χ4v) is 4.68. The van der Waals surface area contributed by atoms with E-state index in [1.54, 1.807) is 6.92 Å². The van der Waals surface area contributed by atoms with Crippen molar-refractivity contribution in [2.24, 2.45) is 0 Å². The molecule has 9 N–H and O–H groups in total. The molecule has 1 aliphatic rings. The maximum Gasteiger partial charge on any atom is 0.217 e. The van der Waals surface area contributed by atoms with Gasteiger partial charge in [0.05, 0.1) is 90.9 Å². The number of aliphatic hydroxyl groups excluding tert-OH is 6. The Kier molecular flexibility index (Phi) is 24.3. The van der Waals surface area contributed by atoms with Crippen LogP contribution in [0.2, 0.25) is 0 Å². The van der Waals surface area contributed by atoms with Gasteiger partial charge in [0.1, 0.15) is 36.6 Å². The molecule has 0 aromatic rings. The zero-order valence-corrected chi connectivity index (χ0v) is 29.9. The minimum Gasteiger partial charge on any atom is -0.394 e. The summed E-state index contributed by atoms with van der Waals surface area (Å²) in [6, 6.07) is -1.61. The third-order valence-electron chi connectivity index (χ3n) is 7.28. The molecule has 0 aromatic heterocycles. The lowest BCUT2D eigenvalue weighted by Crippen LogP contribution is -2.64. The summed E-state index contributed by atoms with van der Waals surface area (Å²) in [5, 5.41) is 66.6. The van der Waals surface area contributed by atoms with Crippen LogP contribution in [0.25, 0.3) is 0 Å². The summed E-state index contributed by atoms with van der Waals surface area (Å²) >= 11 is 0. The molecular weight excluding hydrogens is 670 g/mol. The first-order valence-corrected chi connectivity index (χ1v) is 16.8. The summed E-state index contributed by atoms with van der Waals surface area (Å²) in [6.07, 6.45) is -8.30. The number of nitrogens with one attached hydrogen (secondary N) is 3. The molecule has 0 saturated carbocycles. The molecule has 1 saturated heterocycles. The minimum atomic E-state index is -1.38. The lowest BCUT2D eigenvalue weighted by atomic mass is 9.97. The van der Waals surface area contributed by atoms with Gasteiger partial charge in [-0.25, -0.2) is 0 Å². The molecule has 50 heavy (non-hydrogen) atoms. The number of amides is 2. The summed E-state index contributed by atoms with van der Waals surface area (Å²) in [6.45, 7) is 9.87. The van der Waals surface area contributed by atoms with E-state index in [1.807, 2.05) is 13.8 Å². The van der Waals surface area contributed by atoms with Crippen molar-refractivity contribution >= 4 is 11.8 Å².